The topological polar surface area (TPSA) is 127 Å². The molecule has 1 amide bonds. The van der Waals surface area contributed by atoms with Crippen LogP contribution in [0.5, 0.6) is 0 Å². The van der Waals surface area contributed by atoms with Gasteiger partial charge in [0.1, 0.15) is 10.6 Å². The Labute approximate surface area is 188 Å². The number of rotatable bonds is 7. The smallest absolute Gasteiger partial charge is 0.350 e. The van der Waals surface area contributed by atoms with Crippen LogP contribution in [0.25, 0.3) is 0 Å². The van der Waals surface area contributed by atoms with Gasteiger partial charge >= 0.3 is 5.97 Å². The molecule has 1 aliphatic heterocycles. The number of imidazole rings is 1. The zero-order valence-corrected chi connectivity index (χ0v) is 19.2. The van der Waals surface area contributed by atoms with Crippen LogP contribution >= 0.6 is 22.9 Å². The summed E-state index contributed by atoms with van der Waals surface area (Å²) in [5.74, 6) is -1.10. The van der Waals surface area contributed by atoms with Crippen molar-refractivity contribution in [2.24, 2.45) is 0 Å². The molecule has 0 bridgehead atoms. The SMILES string of the molecule is CCc1[nH]c(C(=O)NC2CCN(c3nc(C(C)=O)c(C(=O)OC)s3)CC2OC)nc1Cl. The molecule has 3 heterocycles. The number of anilines is 1. The molecule has 0 radical (unpaired) electrons. The summed E-state index contributed by atoms with van der Waals surface area (Å²) in [6.45, 7) is 4.25. The number of methoxy groups -OCH3 is 2. The first-order valence-corrected chi connectivity index (χ1v) is 10.9. The average Bonchev–Trinajstić information content (AvgIpc) is 3.37. The summed E-state index contributed by atoms with van der Waals surface area (Å²) in [5.41, 5.74) is 0.800. The number of thiazole rings is 1. The second-order valence-corrected chi connectivity index (χ2v) is 8.35. The summed E-state index contributed by atoms with van der Waals surface area (Å²) < 4.78 is 10.4. The molecular formula is C19H24ClN5O5S. The molecule has 0 aromatic carbocycles. The first-order valence-electron chi connectivity index (χ1n) is 9.72. The normalized spacial score (nSPS) is 18.7. The van der Waals surface area contributed by atoms with Crippen molar-refractivity contribution in [3.63, 3.8) is 0 Å². The fraction of sp³-hybridized carbons (Fsp3) is 0.526. The number of halogens is 1. The summed E-state index contributed by atoms with van der Waals surface area (Å²) >= 11 is 7.13. The number of amides is 1. The van der Waals surface area contributed by atoms with Crippen molar-refractivity contribution < 1.29 is 23.9 Å². The average molecular weight is 470 g/mol. The number of nitrogens with one attached hydrogen (secondary N) is 2. The van der Waals surface area contributed by atoms with Crippen LogP contribution in [0.1, 0.15) is 56.7 Å². The monoisotopic (exact) mass is 469 g/mol. The number of H-pyrrole nitrogens is 1. The van der Waals surface area contributed by atoms with Gasteiger partial charge in [-0.2, -0.15) is 0 Å². The van der Waals surface area contributed by atoms with Gasteiger partial charge in [-0.3, -0.25) is 9.59 Å². The number of aromatic nitrogens is 3. The van der Waals surface area contributed by atoms with Crippen molar-refractivity contribution in [2.45, 2.75) is 38.8 Å². The molecule has 12 heteroatoms. The number of nitrogens with zero attached hydrogens (tertiary/aromatic N) is 3. The van der Waals surface area contributed by atoms with Crippen molar-refractivity contribution in [1.82, 2.24) is 20.3 Å². The van der Waals surface area contributed by atoms with Crippen LogP contribution < -0.4 is 10.2 Å². The number of esters is 1. The molecule has 168 valence electrons. The van der Waals surface area contributed by atoms with Crippen LogP contribution in [-0.2, 0) is 15.9 Å². The molecule has 0 saturated carbocycles. The first kappa shape index (κ1) is 23.2. The minimum atomic E-state index is -0.594. The van der Waals surface area contributed by atoms with Crippen LogP contribution in [0.4, 0.5) is 5.13 Å². The van der Waals surface area contributed by atoms with E-state index in [-0.39, 0.29) is 45.4 Å². The Kier molecular flexibility index (Phi) is 7.29. The van der Waals surface area contributed by atoms with E-state index < -0.39 is 5.97 Å². The van der Waals surface area contributed by atoms with Gasteiger partial charge in [-0.05, 0) is 12.8 Å². The molecule has 2 atom stereocenters. The summed E-state index contributed by atoms with van der Waals surface area (Å²) in [6.07, 6.45) is 0.879. The largest absolute Gasteiger partial charge is 0.465 e. The molecule has 1 aliphatic rings. The minimum absolute atomic E-state index is 0.0951. The second kappa shape index (κ2) is 9.75. The predicted octanol–water partition coefficient (Wildman–Crippen LogP) is 2.09. The number of hydrogen-bond acceptors (Lipinski definition) is 9. The number of piperidine rings is 1. The van der Waals surface area contributed by atoms with E-state index in [0.29, 0.717) is 36.8 Å². The Morgan fingerprint density at radius 2 is 2.06 bits per heavy atom. The molecule has 31 heavy (non-hydrogen) atoms. The number of hydrogen-bond donors (Lipinski definition) is 2. The van der Waals surface area contributed by atoms with Crippen molar-refractivity contribution >= 4 is 45.7 Å². The zero-order chi connectivity index (χ0) is 22.7. The number of aromatic amines is 1. The van der Waals surface area contributed by atoms with Crippen LogP contribution in [0.2, 0.25) is 5.15 Å². The van der Waals surface area contributed by atoms with Crippen molar-refractivity contribution in [3.8, 4) is 0 Å². The lowest BCUT2D eigenvalue weighted by molar-refractivity contribution is 0.0538. The number of ether oxygens (including phenoxy) is 2. The fourth-order valence-corrected chi connectivity index (χ4v) is 4.71. The molecule has 2 unspecified atom stereocenters. The highest BCUT2D eigenvalue weighted by molar-refractivity contribution is 7.17. The number of carbonyl (C=O) groups is 3. The van der Waals surface area contributed by atoms with E-state index in [0.717, 1.165) is 11.3 Å². The molecule has 1 fully saturated rings. The van der Waals surface area contributed by atoms with Gasteiger partial charge in [0.25, 0.3) is 5.91 Å². The zero-order valence-electron chi connectivity index (χ0n) is 17.7. The molecule has 2 aromatic heterocycles. The standard InChI is InChI=1S/C19H24ClN5O5S/c1-5-10-15(20)24-16(21-10)17(27)22-11-6-7-25(8-12(11)29-3)19-23-13(9(2)26)14(31-19)18(28)30-4/h11-12H,5-8H2,1-4H3,(H,21,24)(H,22,27). The Balaban J connectivity index is 1.72. The minimum Gasteiger partial charge on any atom is -0.465 e. The second-order valence-electron chi connectivity index (χ2n) is 7.02. The van der Waals surface area contributed by atoms with E-state index in [1.165, 1.54) is 14.0 Å². The lowest BCUT2D eigenvalue weighted by Crippen LogP contribution is -2.55. The molecular weight excluding hydrogens is 446 g/mol. The van der Waals surface area contributed by atoms with Gasteiger partial charge in [-0.25, -0.2) is 14.8 Å². The number of carbonyl (C=O) groups excluding carboxylic acids is 3. The third-order valence-electron chi connectivity index (χ3n) is 5.07. The predicted molar refractivity (Wildman–Crippen MR) is 115 cm³/mol. The molecule has 0 aliphatic carbocycles. The van der Waals surface area contributed by atoms with Gasteiger partial charge in [0.05, 0.1) is 24.9 Å². The maximum atomic E-state index is 12.6. The van der Waals surface area contributed by atoms with Crippen LogP contribution in [0.15, 0.2) is 0 Å². The summed E-state index contributed by atoms with van der Waals surface area (Å²) in [6, 6.07) is -0.255. The van der Waals surface area contributed by atoms with Crippen molar-refractivity contribution in [2.75, 3.05) is 32.2 Å². The Bertz CT molecular complexity index is 990. The van der Waals surface area contributed by atoms with Gasteiger partial charge in [0.15, 0.2) is 21.9 Å². The quantitative estimate of drug-likeness (QED) is 0.466. The van der Waals surface area contributed by atoms with Gasteiger partial charge in [-0.15, -0.1) is 0 Å². The maximum Gasteiger partial charge on any atom is 0.350 e. The van der Waals surface area contributed by atoms with E-state index in [1.807, 2.05) is 11.8 Å². The summed E-state index contributed by atoms with van der Waals surface area (Å²) in [4.78, 5) is 50.0. The highest BCUT2D eigenvalue weighted by Crippen LogP contribution is 2.30. The van der Waals surface area contributed by atoms with E-state index in [2.05, 4.69) is 20.3 Å². The van der Waals surface area contributed by atoms with E-state index in [4.69, 9.17) is 21.1 Å². The Hall–Kier alpha value is -2.50. The highest BCUT2D eigenvalue weighted by Gasteiger charge is 2.34. The third kappa shape index (κ3) is 4.89. The van der Waals surface area contributed by atoms with Crippen LogP contribution in [-0.4, -0.2) is 72.1 Å². The summed E-state index contributed by atoms with van der Waals surface area (Å²) in [7, 11) is 2.82. The number of aryl methyl sites for hydroxylation is 1. The highest BCUT2D eigenvalue weighted by atomic mass is 35.5. The van der Waals surface area contributed by atoms with Crippen LogP contribution in [0.3, 0.4) is 0 Å². The van der Waals surface area contributed by atoms with E-state index in [9.17, 15) is 14.4 Å². The molecule has 2 N–H and O–H groups in total. The van der Waals surface area contributed by atoms with Gasteiger partial charge in [0, 0.05) is 27.1 Å². The first-order chi connectivity index (χ1) is 14.8. The van der Waals surface area contributed by atoms with Crippen molar-refractivity contribution in [1.29, 1.82) is 0 Å². The molecule has 10 nitrogen and oxygen atoms in total. The molecule has 0 spiro atoms. The Morgan fingerprint density at radius 3 is 2.65 bits per heavy atom. The molecule has 3 rings (SSSR count). The van der Waals surface area contributed by atoms with E-state index in [1.54, 1.807) is 7.11 Å². The Morgan fingerprint density at radius 1 is 1.32 bits per heavy atom. The number of ketones is 1. The molecule has 2 aromatic rings. The maximum absolute atomic E-state index is 12.6. The lowest BCUT2D eigenvalue weighted by atomic mass is 10.0. The van der Waals surface area contributed by atoms with E-state index >= 15 is 0 Å². The van der Waals surface area contributed by atoms with Crippen LogP contribution in [0, 0.1) is 0 Å². The number of Topliss-reactive ketones (excluding diaryl/α,β-unsaturated/α-hetero) is 1. The van der Waals surface area contributed by atoms with Gasteiger partial charge < -0.3 is 24.7 Å². The third-order valence-corrected chi connectivity index (χ3v) is 6.47. The van der Waals surface area contributed by atoms with Gasteiger partial charge in [0.2, 0.25) is 0 Å². The van der Waals surface area contributed by atoms with Gasteiger partial charge in [-0.1, -0.05) is 29.9 Å². The fourth-order valence-electron chi connectivity index (χ4n) is 3.37. The molecule has 1 saturated heterocycles. The lowest BCUT2D eigenvalue weighted by Gasteiger charge is -2.37. The summed E-state index contributed by atoms with van der Waals surface area (Å²) in [5, 5.41) is 3.77. The van der Waals surface area contributed by atoms with Crippen molar-refractivity contribution in [3.05, 3.63) is 27.2 Å².